The molecule has 0 bridgehead atoms. The predicted octanol–water partition coefficient (Wildman–Crippen LogP) is 4.80. The van der Waals surface area contributed by atoms with Gasteiger partial charge in [-0.3, -0.25) is 4.79 Å². The van der Waals surface area contributed by atoms with Gasteiger partial charge in [0.1, 0.15) is 11.6 Å². The molecule has 0 saturated carbocycles. The van der Waals surface area contributed by atoms with Crippen LogP contribution in [0.25, 0.3) is 0 Å². The first kappa shape index (κ1) is 19.8. The van der Waals surface area contributed by atoms with Gasteiger partial charge < -0.3 is 9.74 Å². The summed E-state index contributed by atoms with van der Waals surface area (Å²) in [5.74, 6) is -0.992. The van der Waals surface area contributed by atoms with Gasteiger partial charge in [-0.05, 0) is 35.9 Å². The highest BCUT2D eigenvalue weighted by molar-refractivity contribution is 6.01. The Kier molecular flexibility index (Phi) is 5.84. The number of benzene rings is 3. The summed E-state index contributed by atoms with van der Waals surface area (Å²) in [6.45, 7) is 0.637. The fourth-order valence-electron chi connectivity index (χ4n) is 3.42. The number of amides is 1. The van der Waals surface area contributed by atoms with E-state index in [1.165, 1.54) is 30.3 Å². The Hall–Kier alpha value is -3.54. The number of nitrogens with zero attached hydrogens (tertiary/aromatic N) is 2. The zero-order valence-electron chi connectivity index (χ0n) is 16.2. The number of oxime groups is 1. The van der Waals surface area contributed by atoms with Gasteiger partial charge >= 0.3 is 0 Å². The molecular weight excluding hydrogens is 386 g/mol. The molecule has 30 heavy (non-hydrogen) atoms. The molecule has 0 N–H and O–H groups in total. The van der Waals surface area contributed by atoms with E-state index in [2.05, 4.69) is 5.16 Å². The second kappa shape index (κ2) is 8.86. The largest absolute Gasteiger partial charge is 0.390 e. The van der Waals surface area contributed by atoms with E-state index in [0.29, 0.717) is 29.8 Å². The maximum atomic E-state index is 14.1. The van der Waals surface area contributed by atoms with Crippen LogP contribution in [0.3, 0.4) is 0 Å². The van der Waals surface area contributed by atoms with Crippen LogP contribution >= 0.6 is 0 Å². The van der Waals surface area contributed by atoms with Crippen molar-refractivity contribution in [3.8, 4) is 0 Å². The van der Waals surface area contributed by atoms with E-state index in [1.54, 1.807) is 23.1 Å². The van der Waals surface area contributed by atoms with Crippen LogP contribution in [-0.4, -0.2) is 29.2 Å². The summed E-state index contributed by atoms with van der Waals surface area (Å²) in [5, 5.41) is 4.04. The molecule has 0 fully saturated rings. The molecule has 4 rings (SSSR count). The minimum absolute atomic E-state index is 0.234. The summed E-state index contributed by atoms with van der Waals surface area (Å²) in [7, 11) is 0. The van der Waals surface area contributed by atoms with Crippen LogP contribution in [0.5, 0.6) is 0 Å². The number of hydrogen-bond donors (Lipinski definition) is 0. The molecule has 6 heteroatoms. The molecule has 0 aliphatic carbocycles. The molecule has 1 amide bonds. The van der Waals surface area contributed by atoms with Gasteiger partial charge in [0, 0.05) is 24.1 Å². The van der Waals surface area contributed by atoms with Crippen molar-refractivity contribution < 1.29 is 18.4 Å². The van der Waals surface area contributed by atoms with Crippen LogP contribution in [0, 0.1) is 11.6 Å². The van der Waals surface area contributed by atoms with E-state index >= 15 is 0 Å². The number of rotatable bonds is 6. The molecule has 3 aromatic carbocycles. The molecule has 0 aromatic heterocycles. The lowest BCUT2D eigenvalue weighted by Crippen LogP contribution is -2.37. The van der Waals surface area contributed by atoms with Gasteiger partial charge in [0.15, 0.2) is 6.10 Å². The molecule has 0 spiro atoms. The van der Waals surface area contributed by atoms with E-state index in [1.807, 2.05) is 30.3 Å². The monoisotopic (exact) mass is 406 g/mol. The van der Waals surface area contributed by atoms with Crippen LogP contribution in [0.2, 0.25) is 0 Å². The molecule has 1 heterocycles. The van der Waals surface area contributed by atoms with E-state index in [4.69, 9.17) is 4.84 Å². The molecule has 3 aromatic rings. The molecule has 0 radical (unpaired) electrons. The summed E-state index contributed by atoms with van der Waals surface area (Å²) in [6, 6.07) is 21.4. The predicted molar refractivity (Wildman–Crippen MR) is 110 cm³/mol. The Bertz CT molecular complexity index is 1050. The van der Waals surface area contributed by atoms with Crippen molar-refractivity contribution in [1.82, 2.24) is 4.90 Å². The topological polar surface area (TPSA) is 41.9 Å². The summed E-state index contributed by atoms with van der Waals surface area (Å²) >= 11 is 0. The first-order valence-corrected chi connectivity index (χ1v) is 9.66. The van der Waals surface area contributed by atoms with E-state index < -0.39 is 11.9 Å². The van der Waals surface area contributed by atoms with Crippen molar-refractivity contribution in [2.45, 2.75) is 19.1 Å². The average Bonchev–Trinajstić information content (AvgIpc) is 3.23. The van der Waals surface area contributed by atoms with Gasteiger partial charge in [0.05, 0.1) is 12.3 Å². The lowest BCUT2D eigenvalue weighted by molar-refractivity contribution is 0.0405. The zero-order chi connectivity index (χ0) is 20.9. The summed E-state index contributed by atoms with van der Waals surface area (Å²) < 4.78 is 27.3. The van der Waals surface area contributed by atoms with E-state index in [9.17, 15) is 13.6 Å². The normalized spacial score (nSPS) is 15.4. The summed E-state index contributed by atoms with van der Waals surface area (Å²) in [5.41, 5.74) is 2.27. The lowest BCUT2D eigenvalue weighted by Gasteiger charge is -2.25. The highest BCUT2D eigenvalue weighted by atomic mass is 19.1. The zero-order valence-corrected chi connectivity index (χ0v) is 16.2. The second-order valence-electron chi connectivity index (χ2n) is 7.13. The minimum Gasteiger partial charge on any atom is -0.390 e. The van der Waals surface area contributed by atoms with Gasteiger partial charge in [-0.1, -0.05) is 53.7 Å². The van der Waals surface area contributed by atoms with Crippen LogP contribution in [0.1, 0.15) is 27.9 Å². The van der Waals surface area contributed by atoms with Gasteiger partial charge in [-0.15, -0.1) is 0 Å². The molecule has 1 aliphatic rings. The molecular formula is C24H20F2N2O2. The molecule has 152 valence electrons. The molecule has 1 atom stereocenters. The number of carbonyl (C=O) groups is 1. The van der Waals surface area contributed by atoms with Crippen molar-refractivity contribution in [2.75, 3.05) is 6.54 Å². The second-order valence-corrected chi connectivity index (χ2v) is 7.13. The third kappa shape index (κ3) is 4.54. The first-order valence-electron chi connectivity index (χ1n) is 9.66. The van der Waals surface area contributed by atoms with Crippen LogP contribution in [-0.2, 0) is 11.4 Å². The molecule has 1 aliphatic heterocycles. The Morgan fingerprint density at radius 3 is 2.40 bits per heavy atom. The van der Waals surface area contributed by atoms with Crippen LogP contribution < -0.4 is 0 Å². The van der Waals surface area contributed by atoms with Crippen molar-refractivity contribution in [2.24, 2.45) is 5.16 Å². The SMILES string of the molecule is O=C(c1ccc(F)cc1)N(Cc1ccccc1)C[C@H]1CC(c2ccccc2F)=NO1. The van der Waals surface area contributed by atoms with Crippen molar-refractivity contribution in [1.29, 1.82) is 0 Å². The number of halogens is 2. The van der Waals surface area contributed by atoms with Crippen molar-refractivity contribution >= 4 is 11.6 Å². The van der Waals surface area contributed by atoms with Gasteiger partial charge in [-0.25, -0.2) is 8.78 Å². The van der Waals surface area contributed by atoms with Gasteiger partial charge in [0.25, 0.3) is 5.91 Å². The Balaban J connectivity index is 1.51. The fourth-order valence-corrected chi connectivity index (χ4v) is 3.42. The highest BCUT2D eigenvalue weighted by Crippen LogP contribution is 2.21. The standard InChI is InChI=1S/C24H20F2N2O2/c25-19-12-10-18(11-13-19)24(29)28(15-17-6-2-1-3-7-17)16-20-14-23(27-30-20)21-8-4-5-9-22(21)26/h1-13,20H,14-16H2/t20-/m1/s1. The van der Waals surface area contributed by atoms with Gasteiger partial charge in [0.2, 0.25) is 0 Å². The Morgan fingerprint density at radius 2 is 1.67 bits per heavy atom. The van der Waals surface area contributed by atoms with Crippen molar-refractivity contribution in [3.05, 3.63) is 107 Å². The van der Waals surface area contributed by atoms with Crippen molar-refractivity contribution in [3.63, 3.8) is 0 Å². The lowest BCUT2D eigenvalue weighted by atomic mass is 10.0. The highest BCUT2D eigenvalue weighted by Gasteiger charge is 2.28. The van der Waals surface area contributed by atoms with Crippen LogP contribution in [0.4, 0.5) is 8.78 Å². The Morgan fingerprint density at radius 1 is 0.967 bits per heavy atom. The average molecular weight is 406 g/mol. The van der Waals surface area contributed by atoms with Gasteiger partial charge in [-0.2, -0.15) is 0 Å². The summed E-state index contributed by atoms with van der Waals surface area (Å²) in [6.07, 6.45) is -0.00385. The smallest absolute Gasteiger partial charge is 0.254 e. The number of carbonyl (C=O) groups excluding carboxylic acids is 1. The number of hydrogen-bond acceptors (Lipinski definition) is 3. The molecule has 0 unspecified atom stereocenters. The maximum absolute atomic E-state index is 14.1. The van der Waals surface area contributed by atoms with Crippen LogP contribution in [0.15, 0.2) is 84.0 Å². The fraction of sp³-hybridized carbons (Fsp3) is 0.167. The first-order chi connectivity index (χ1) is 14.6. The third-order valence-corrected chi connectivity index (χ3v) is 4.94. The summed E-state index contributed by atoms with van der Waals surface area (Å²) in [4.78, 5) is 20.3. The molecule has 4 nitrogen and oxygen atoms in total. The molecule has 0 saturated heterocycles. The quantitative estimate of drug-likeness (QED) is 0.590. The van der Waals surface area contributed by atoms with E-state index in [-0.39, 0.29) is 18.3 Å². The Labute approximate surface area is 173 Å². The van der Waals surface area contributed by atoms with E-state index in [0.717, 1.165) is 5.56 Å². The minimum atomic E-state index is -0.400. The third-order valence-electron chi connectivity index (χ3n) is 4.94. The maximum Gasteiger partial charge on any atom is 0.254 e.